The fourth-order valence-corrected chi connectivity index (χ4v) is 3.04. The van der Waals surface area contributed by atoms with E-state index in [0.29, 0.717) is 12.5 Å². The van der Waals surface area contributed by atoms with Gasteiger partial charge in [0.15, 0.2) is 0 Å². The first-order valence-corrected chi connectivity index (χ1v) is 8.14. The Kier molecular flexibility index (Phi) is 4.91. The van der Waals surface area contributed by atoms with Gasteiger partial charge in [-0.25, -0.2) is 0 Å². The van der Waals surface area contributed by atoms with Crippen LogP contribution in [0.25, 0.3) is 0 Å². The Morgan fingerprint density at radius 2 is 1.59 bits per heavy atom. The largest absolute Gasteiger partial charge is 0.390 e. The van der Waals surface area contributed by atoms with Gasteiger partial charge in [0.2, 0.25) is 0 Å². The second-order valence-corrected chi connectivity index (χ2v) is 6.32. The van der Waals surface area contributed by atoms with Crippen molar-refractivity contribution >= 4 is 0 Å². The van der Waals surface area contributed by atoms with E-state index in [-0.39, 0.29) is 0 Å². The predicted octanol–water partition coefficient (Wildman–Crippen LogP) is 3.98. The molecule has 0 amide bonds. The molecular formula is C20H24O2. The maximum Gasteiger partial charge on any atom is 0.0716 e. The normalized spacial score (nSPS) is 23.4. The van der Waals surface area contributed by atoms with Crippen LogP contribution in [0.5, 0.6) is 0 Å². The van der Waals surface area contributed by atoms with E-state index in [0.717, 1.165) is 32.3 Å². The molecule has 2 aromatic rings. The molecule has 2 atom stereocenters. The summed E-state index contributed by atoms with van der Waals surface area (Å²) in [6, 6.07) is 20.6. The molecule has 0 aromatic heterocycles. The molecule has 0 aliphatic heterocycles. The SMILES string of the molecule is OC1(CCc2ccccc2)CC1CCOCc1ccccc1. The Morgan fingerprint density at radius 1 is 0.955 bits per heavy atom. The molecule has 2 unspecified atom stereocenters. The van der Waals surface area contributed by atoms with Crippen molar-refractivity contribution in [2.24, 2.45) is 5.92 Å². The topological polar surface area (TPSA) is 29.5 Å². The first kappa shape index (κ1) is 15.3. The van der Waals surface area contributed by atoms with Crippen LogP contribution in [0.2, 0.25) is 0 Å². The van der Waals surface area contributed by atoms with E-state index in [2.05, 4.69) is 36.4 Å². The lowest BCUT2D eigenvalue weighted by atomic mass is 10.0. The minimum absolute atomic E-state index is 0.409. The van der Waals surface area contributed by atoms with E-state index in [1.807, 2.05) is 24.3 Å². The molecule has 0 heterocycles. The van der Waals surface area contributed by atoms with E-state index in [9.17, 15) is 5.11 Å². The van der Waals surface area contributed by atoms with Crippen LogP contribution in [0.3, 0.4) is 0 Å². The molecule has 2 nitrogen and oxygen atoms in total. The van der Waals surface area contributed by atoms with Crippen LogP contribution in [-0.2, 0) is 17.8 Å². The quantitative estimate of drug-likeness (QED) is 0.747. The molecular weight excluding hydrogens is 272 g/mol. The van der Waals surface area contributed by atoms with Crippen LogP contribution in [0.15, 0.2) is 60.7 Å². The van der Waals surface area contributed by atoms with Gasteiger partial charge in [-0.3, -0.25) is 0 Å². The molecule has 0 saturated heterocycles. The summed E-state index contributed by atoms with van der Waals surface area (Å²) in [6.07, 6.45) is 3.70. The van der Waals surface area contributed by atoms with E-state index >= 15 is 0 Å². The first-order valence-electron chi connectivity index (χ1n) is 8.14. The molecule has 1 N–H and O–H groups in total. The lowest BCUT2D eigenvalue weighted by Crippen LogP contribution is -2.13. The van der Waals surface area contributed by atoms with E-state index in [4.69, 9.17) is 4.74 Å². The number of ether oxygens (including phenoxy) is 1. The van der Waals surface area contributed by atoms with Crippen molar-refractivity contribution in [1.29, 1.82) is 0 Å². The van der Waals surface area contributed by atoms with Crippen molar-refractivity contribution in [2.45, 2.75) is 37.9 Å². The zero-order valence-electron chi connectivity index (χ0n) is 12.9. The van der Waals surface area contributed by atoms with E-state index in [1.165, 1.54) is 11.1 Å². The Labute approximate surface area is 132 Å². The summed E-state index contributed by atoms with van der Waals surface area (Å²) in [5.74, 6) is 0.409. The molecule has 1 fully saturated rings. The highest BCUT2D eigenvalue weighted by atomic mass is 16.5. The highest BCUT2D eigenvalue weighted by Crippen LogP contribution is 2.48. The Balaban J connectivity index is 1.33. The molecule has 2 heteroatoms. The lowest BCUT2D eigenvalue weighted by molar-refractivity contribution is 0.0873. The van der Waals surface area contributed by atoms with Crippen LogP contribution < -0.4 is 0 Å². The van der Waals surface area contributed by atoms with Gasteiger partial charge in [0.1, 0.15) is 0 Å². The third-order valence-electron chi connectivity index (χ3n) is 4.61. The van der Waals surface area contributed by atoms with Crippen molar-refractivity contribution in [3.8, 4) is 0 Å². The van der Waals surface area contributed by atoms with Gasteiger partial charge in [0.25, 0.3) is 0 Å². The maximum atomic E-state index is 10.5. The van der Waals surface area contributed by atoms with Gasteiger partial charge in [0, 0.05) is 6.61 Å². The third kappa shape index (κ3) is 4.19. The van der Waals surface area contributed by atoms with Crippen LogP contribution in [-0.4, -0.2) is 17.3 Å². The molecule has 1 aliphatic rings. The molecule has 1 aliphatic carbocycles. The number of rotatable bonds is 8. The van der Waals surface area contributed by atoms with Gasteiger partial charge < -0.3 is 9.84 Å². The average molecular weight is 296 g/mol. The summed E-state index contributed by atoms with van der Waals surface area (Å²) >= 11 is 0. The number of hydrogen-bond acceptors (Lipinski definition) is 2. The lowest BCUT2D eigenvalue weighted by Gasteiger charge is -2.11. The van der Waals surface area contributed by atoms with Crippen LogP contribution in [0.1, 0.15) is 30.4 Å². The summed E-state index contributed by atoms with van der Waals surface area (Å²) in [5.41, 5.74) is 2.06. The monoisotopic (exact) mass is 296 g/mol. The molecule has 0 bridgehead atoms. The Bertz CT molecular complexity index is 567. The first-order chi connectivity index (χ1) is 10.8. The van der Waals surface area contributed by atoms with Crippen molar-refractivity contribution in [3.05, 3.63) is 71.8 Å². The standard InChI is InChI=1S/C20H24O2/c21-20(13-11-17-7-3-1-4-8-17)15-19(20)12-14-22-16-18-9-5-2-6-10-18/h1-10,19,21H,11-16H2. The fraction of sp³-hybridized carbons (Fsp3) is 0.400. The van der Waals surface area contributed by atoms with E-state index < -0.39 is 5.60 Å². The molecule has 0 spiro atoms. The molecule has 22 heavy (non-hydrogen) atoms. The smallest absolute Gasteiger partial charge is 0.0716 e. The van der Waals surface area contributed by atoms with Crippen molar-refractivity contribution in [1.82, 2.24) is 0 Å². The van der Waals surface area contributed by atoms with Crippen molar-refractivity contribution < 1.29 is 9.84 Å². The molecule has 0 radical (unpaired) electrons. The summed E-state index contributed by atoms with van der Waals surface area (Å²) in [7, 11) is 0. The second kappa shape index (κ2) is 7.08. The maximum absolute atomic E-state index is 10.5. The summed E-state index contributed by atoms with van der Waals surface area (Å²) in [6.45, 7) is 1.39. The Morgan fingerprint density at radius 3 is 2.27 bits per heavy atom. The van der Waals surface area contributed by atoms with Crippen molar-refractivity contribution in [3.63, 3.8) is 0 Å². The highest BCUT2D eigenvalue weighted by molar-refractivity contribution is 5.16. The predicted molar refractivity (Wildman–Crippen MR) is 88.5 cm³/mol. The van der Waals surface area contributed by atoms with E-state index in [1.54, 1.807) is 0 Å². The third-order valence-corrected chi connectivity index (χ3v) is 4.61. The second-order valence-electron chi connectivity index (χ2n) is 6.32. The van der Waals surface area contributed by atoms with Gasteiger partial charge in [-0.1, -0.05) is 60.7 Å². The van der Waals surface area contributed by atoms with Gasteiger partial charge in [-0.15, -0.1) is 0 Å². The minimum atomic E-state index is -0.452. The van der Waals surface area contributed by atoms with Gasteiger partial charge in [-0.05, 0) is 42.7 Å². The van der Waals surface area contributed by atoms with Gasteiger partial charge in [0.05, 0.1) is 12.2 Å². The molecule has 2 aromatic carbocycles. The summed E-state index contributed by atoms with van der Waals surface area (Å²) < 4.78 is 5.72. The summed E-state index contributed by atoms with van der Waals surface area (Å²) in [4.78, 5) is 0. The number of benzene rings is 2. The van der Waals surface area contributed by atoms with Gasteiger partial charge in [-0.2, -0.15) is 0 Å². The minimum Gasteiger partial charge on any atom is -0.390 e. The number of aliphatic hydroxyl groups is 1. The van der Waals surface area contributed by atoms with Gasteiger partial charge >= 0.3 is 0 Å². The average Bonchev–Trinajstić information content (AvgIpc) is 3.22. The van der Waals surface area contributed by atoms with Crippen LogP contribution in [0.4, 0.5) is 0 Å². The molecule has 116 valence electrons. The zero-order chi connectivity index (χ0) is 15.3. The Hall–Kier alpha value is -1.64. The zero-order valence-corrected chi connectivity index (χ0v) is 12.9. The van der Waals surface area contributed by atoms with Crippen molar-refractivity contribution in [2.75, 3.05) is 6.61 Å². The molecule has 3 rings (SSSR count). The van der Waals surface area contributed by atoms with Crippen LogP contribution >= 0.6 is 0 Å². The number of aryl methyl sites for hydroxylation is 1. The molecule has 1 saturated carbocycles. The van der Waals surface area contributed by atoms with Crippen LogP contribution in [0, 0.1) is 5.92 Å². The fourth-order valence-electron chi connectivity index (χ4n) is 3.04. The number of hydrogen-bond donors (Lipinski definition) is 1. The highest BCUT2D eigenvalue weighted by Gasteiger charge is 2.51. The summed E-state index contributed by atoms with van der Waals surface area (Å²) in [5, 5.41) is 10.5.